The van der Waals surface area contributed by atoms with Crippen LogP contribution in [-0.2, 0) is 7.05 Å². The van der Waals surface area contributed by atoms with E-state index in [1.54, 1.807) is 0 Å². The first-order chi connectivity index (χ1) is 10.1. The fourth-order valence-corrected chi connectivity index (χ4v) is 2.82. The van der Waals surface area contributed by atoms with Crippen LogP contribution >= 0.6 is 0 Å². The predicted molar refractivity (Wildman–Crippen MR) is 84.4 cm³/mol. The van der Waals surface area contributed by atoms with Gasteiger partial charge in [-0.05, 0) is 43.5 Å². The molecule has 0 saturated heterocycles. The molecule has 0 aliphatic rings. The summed E-state index contributed by atoms with van der Waals surface area (Å²) in [4.78, 5) is 0. The van der Waals surface area contributed by atoms with Crippen molar-refractivity contribution >= 4 is 0 Å². The molecule has 0 N–H and O–H groups in total. The molecule has 3 rings (SSSR count). The van der Waals surface area contributed by atoms with Crippen molar-refractivity contribution in [3.8, 4) is 17.1 Å². The van der Waals surface area contributed by atoms with Crippen molar-refractivity contribution in [1.29, 1.82) is 0 Å². The Morgan fingerprint density at radius 2 is 1.48 bits per heavy atom. The highest BCUT2D eigenvalue weighted by atomic mass is 15.4. The van der Waals surface area contributed by atoms with Gasteiger partial charge in [-0.3, -0.25) is 0 Å². The molecule has 3 aromatic rings. The SMILES string of the molecule is Cc1ccccc1-c1n(-c2c(C)cccc2C)nc[n+]1C. The van der Waals surface area contributed by atoms with E-state index in [0.717, 1.165) is 11.5 Å². The Balaban J connectivity index is 2.31. The van der Waals surface area contributed by atoms with Crippen LogP contribution in [0.25, 0.3) is 17.1 Å². The van der Waals surface area contributed by atoms with Gasteiger partial charge in [0, 0.05) is 5.10 Å². The third kappa shape index (κ3) is 2.25. The molecule has 0 bridgehead atoms. The standard InChI is InChI=1S/C18H20N3/c1-13-8-5-6-11-16(13)18-20(4)12-19-21(18)17-14(2)9-7-10-15(17)3/h5-12H,1-4H3/q+1. The molecule has 0 unspecified atom stereocenters. The number of hydrogen-bond donors (Lipinski definition) is 0. The van der Waals surface area contributed by atoms with Crippen LogP contribution in [0.4, 0.5) is 0 Å². The second-order valence-corrected chi connectivity index (χ2v) is 5.53. The predicted octanol–water partition coefficient (Wildman–Crippen LogP) is 3.29. The Morgan fingerprint density at radius 3 is 2.14 bits per heavy atom. The smallest absolute Gasteiger partial charge is 0.233 e. The molecule has 106 valence electrons. The highest BCUT2D eigenvalue weighted by Crippen LogP contribution is 2.25. The molecule has 0 radical (unpaired) electrons. The molecule has 1 heterocycles. The molecule has 3 heteroatoms. The minimum Gasteiger partial charge on any atom is -0.233 e. The largest absolute Gasteiger partial charge is 0.273 e. The molecule has 2 aromatic carbocycles. The minimum absolute atomic E-state index is 1.10. The average Bonchev–Trinajstić information content (AvgIpc) is 2.81. The van der Waals surface area contributed by atoms with Crippen molar-refractivity contribution in [2.75, 3.05) is 0 Å². The molecule has 0 aliphatic carbocycles. The average molecular weight is 278 g/mol. The second kappa shape index (κ2) is 5.17. The molecule has 0 saturated carbocycles. The molecular weight excluding hydrogens is 258 g/mol. The van der Waals surface area contributed by atoms with Gasteiger partial charge >= 0.3 is 0 Å². The molecule has 3 nitrogen and oxygen atoms in total. The number of rotatable bonds is 2. The number of aromatic nitrogens is 3. The summed E-state index contributed by atoms with van der Waals surface area (Å²) in [6.07, 6.45) is 1.87. The lowest BCUT2D eigenvalue weighted by Crippen LogP contribution is -2.29. The maximum Gasteiger partial charge on any atom is 0.273 e. The number of para-hydroxylation sites is 1. The topological polar surface area (TPSA) is 21.7 Å². The Hall–Kier alpha value is -2.42. The minimum atomic E-state index is 1.10. The lowest BCUT2D eigenvalue weighted by Gasteiger charge is -2.08. The van der Waals surface area contributed by atoms with Crippen LogP contribution in [0.1, 0.15) is 16.7 Å². The third-order valence-corrected chi connectivity index (χ3v) is 3.91. The Morgan fingerprint density at radius 1 is 0.857 bits per heavy atom. The summed E-state index contributed by atoms with van der Waals surface area (Å²) in [5.41, 5.74) is 6.08. The van der Waals surface area contributed by atoms with Crippen molar-refractivity contribution < 1.29 is 4.57 Å². The summed E-state index contributed by atoms with van der Waals surface area (Å²) in [6, 6.07) is 14.8. The van der Waals surface area contributed by atoms with E-state index >= 15 is 0 Å². The summed E-state index contributed by atoms with van der Waals surface area (Å²) >= 11 is 0. The van der Waals surface area contributed by atoms with Gasteiger partial charge in [-0.15, -0.1) is 0 Å². The highest BCUT2D eigenvalue weighted by Gasteiger charge is 2.23. The molecule has 0 aliphatic heterocycles. The summed E-state index contributed by atoms with van der Waals surface area (Å²) in [5.74, 6) is 1.10. The summed E-state index contributed by atoms with van der Waals surface area (Å²) in [5, 5.41) is 4.60. The van der Waals surface area contributed by atoms with Crippen LogP contribution in [0.15, 0.2) is 48.8 Å². The van der Waals surface area contributed by atoms with Gasteiger partial charge in [-0.1, -0.05) is 41.1 Å². The number of aryl methyl sites for hydroxylation is 4. The van der Waals surface area contributed by atoms with Crippen LogP contribution in [0.5, 0.6) is 0 Å². The Labute approximate surface area is 125 Å². The van der Waals surface area contributed by atoms with E-state index in [1.165, 1.54) is 22.3 Å². The first-order valence-electron chi connectivity index (χ1n) is 7.16. The first-order valence-corrected chi connectivity index (χ1v) is 7.16. The lowest BCUT2D eigenvalue weighted by atomic mass is 10.1. The number of benzene rings is 2. The maximum absolute atomic E-state index is 4.60. The summed E-state index contributed by atoms with van der Waals surface area (Å²) < 4.78 is 4.13. The lowest BCUT2D eigenvalue weighted by molar-refractivity contribution is -0.660. The van der Waals surface area contributed by atoms with Gasteiger partial charge in [0.25, 0.3) is 12.2 Å². The van der Waals surface area contributed by atoms with Gasteiger partial charge in [-0.25, -0.2) is 4.57 Å². The molecule has 0 atom stereocenters. The molecule has 0 spiro atoms. The Kier molecular flexibility index (Phi) is 3.34. The molecule has 1 aromatic heterocycles. The van der Waals surface area contributed by atoms with Crippen molar-refractivity contribution in [3.05, 3.63) is 65.5 Å². The normalized spacial score (nSPS) is 10.9. The van der Waals surface area contributed by atoms with Crippen LogP contribution in [0.2, 0.25) is 0 Å². The van der Waals surface area contributed by atoms with Gasteiger partial charge in [-0.2, -0.15) is 0 Å². The van der Waals surface area contributed by atoms with E-state index in [1.807, 2.05) is 18.1 Å². The highest BCUT2D eigenvalue weighted by molar-refractivity contribution is 5.61. The fraction of sp³-hybridized carbons (Fsp3) is 0.222. The second-order valence-electron chi connectivity index (χ2n) is 5.53. The zero-order chi connectivity index (χ0) is 15.0. The van der Waals surface area contributed by atoms with E-state index in [-0.39, 0.29) is 0 Å². The fourth-order valence-electron chi connectivity index (χ4n) is 2.82. The van der Waals surface area contributed by atoms with Crippen LogP contribution in [0.3, 0.4) is 0 Å². The van der Waals surface area contributed by atoms with E-state index < -0.39 is 0 Å². The molecular formula is C18H20N3+. The van der Waals surface area contributed by atoms with E-state index in [9.17, 15) is 0 Å². The van der Waals surface area contributed by atoms with Gasteiger partial charge in [0.05, 0.1) is 12.6 Å². The first kappa shape index (κ1) is 13.6. The summed E-state index contributed by atoms with van der Waals surface area (Å²) in [6.45, 7) is 6.40. The van der Waals surface area contributed by atoms with Crippen LogP contribution < -0.4 is 4.57 Å². The van der Waals surface area contributed by atoms with Gasteiger partial charge in [0.15, 0.2) is 0 Å². The third-order valence-electron chi connectivity index (χ3n) is 3.91. The molecule has 0 fully saturated rings. The van der Waals surface area contributed by atoms with Gasteiger partial charge in [0.1, 0.15) is 5.69 Å². The van der Waals surface area contributed by atoms with Gasteiger partial charge in [0.2, 0.25) is 0 Å². The quantitative estimate of drug-likeness (QED) is 0.659. The van der Waals surface area contributed by atoms with Crippen LogP contribution in [0, 0.1) is 20.8 Å². The van der Waals surface area contributed by atoms with Gasteiger partial charge < -0.3 is 0 Å². The van der Waals surface area contributed by atoms with Crippen molar-refractivity contribution in [1.82, 2.24) is 9.78 Å². The molecule has 0 amide bonds. The summed E-state index contributed by atoms with van der Waals surface area (Å²) in [7, 11) is 2.04. The van der Waals surface area contributed by atoms with Crippen molar-refractivity contribution in [2.24, 2.45) is 7.05 Å². The monoisotopic (exact) mass is 278 g/mol. The van der Waals surface area contributed by atoms with Crippen molar-refractivity contribution in [3.63, 3.8) is 0 Å². The zero-order valence-corrected chi connectivity index (χ0v) is 13.0. The Bertz CT molecular complexity index is 780. The van der Waals surface area contributed by atoms with Crippen LogP contribution in [-0.4, -0.2) is 9.78 Å². The maximum atomic E-state index is 4.60. The van der Waals surface area contributed by atoms with E-state index in [4.69, 9.17) is 0 Å². The zero-order valence-electron chi connectivity index (χ0n) is 13.0. The number of nitrogens with zero attached hydrogens (tertiary/aromatic N) is 3. The number of hydrogen-bond acceptors (Lipinski definition) is 1. The molecule has 21 heavy (non-hydrogen) atoms. The van der Waals surface area contributed by atoms with E-state index in [0.29, 0.717) is 0 Å². The van der Waals surface area contributed by atoms with Crippen molar-refractivity contribution in [2.45, 2.75) is 20.8 Å². The van der Waals surface area contributed by atoms with E-state index in [2.05, 4.69) is 72.9 Å².